The van der Waals surface area contributed by atoms with Gasteiger partial charge < -0.3 is 9.80 Å². The van der Waals surface area contributed by atoms with Crippen LogP contribution in [0.4, 0.5) is 18.0 Å². The third kappa shape index (κ3) is 3.96. The lowest BCUT2D eigenvalue weighted by Gasteiger charge is -2.36. The minimum Gasteiger partial charge on any atom is -0.318 e. The fourth-order valence-electron chi connectivity index (χ4n) is 3.89. The van der Waals surface area contributed by atoms with Gasteiger partial charge in [-0.2, -0.15) is 13.2 Å². The summed E-state index contributed by atoms with van der Waals surface area (Å²) in [6, 6.07) is 9.27. The Bertz CT molecular complexity index is 826. The van der Waals surface area contributed by atoms with Gasteiger partial charge in [-0.3, -0.25) is 9.88 Å². The molecule has 0 aliphatic carbocycles. The zero-order chi connectivity index (χ0) is 19.7. The summed E-state index contributed by atoms with van der Waals surface area (Å²) in [5, 5.41) is 0. The van der Waals surface area contributed by atoms with Crippen molar-refractivity contribution in [1.82, 2.24) is 19.7 Å². The first-order valence-corrected chi connectivity index (χ1v) is 9.23. The summed E-state index contributed by atoms with van der Waals surface area (Å²) in [5.41, 5.74) is 1.21. The predicted molar refractivity (Wildman–Crippen MR) is 97.3 cm³/mol. The number of aromatic nitrogens is 1. The number of carbonyl (C=O) groups excluding carboxylic acids is 1. The van der Waals surface area contributed by atoms with Gasteiger partial charge in [-0.05, 0) is 29.3 Å². The van der Waals surface area contributed by atoms with Crippen LogP contribution < -0.4 is 0 Å². The summed E-state index contributed by atoms with van der Waals surface area (Å²) in [4.78, 5) is 22.7. The number of pyridine rings is 1. The molecular weight excluding hydrogens is 369 g/mol. The minimum absolute atomic E-state index is 0.0445. The minimum atomic E-state index is -4.31. The van der Waals surface area contributed by atoms with Crippen molar-refractivity contribution in [2.45, 2.75) is 25.3 Å². The zero-order valence-corrected chi connectivity index (χ0v) is 15.3. The molecule has 28 heavy (non-hydrogen) atoms. The molecule has 1 aromatic carbocycles. The third-order valence-corrected chi connectivity index (χ3v) is 5.30. The monoisotopic (exact) mass is 390 g/mol. The van der Waals surface area contributed by atoms with E-state index < -0.39 is 11.7 Å². The molecule has 0 N–H and O–H groups in total. The molecule has 2 aliphatic rings. The van der Waals surface area contributed by atoms with Crippen molar-refractivity contribution in [3.05, 3.63) is 65.5 Å². The van der Waals surface area contributed by atoms with Gasteiger partial charge in [0.05, 0.1) is 11.6 Å². The van der Waals surface area contributed by atoms with Crippen molar-refractivity contribution in [2.24, 2.45) is 0 Å². The molecule has 0 saturated carbocycles. The van der Waals surface area contributed by atoms with Crippen LogP contribution in [0.3, 0.4) is 0 Å². The van der Waals surface area contributed by atoms with E-state index in [9.17, 15) is 18.0 Å². The van der Waals surface area contributed by atoms with E-state index in [1.807, 2.05) is 21.9 Å². The number of alkyl halides is 3. The topological polar surface area (TPSA) is 39.7 Å². The highest BCUT2D eigenvalue weighted by Crippen LogP contribution is 2.29. The summed E-state index contributed by atoms with van der Waals surface area (Å²) >= 11 is 0. The molecule has 1 aromatic heterocycles. The van der Waals surface area contributed by atoms with Gasteiger partial charge in [0, 0.05) is 51.7 Å². The average molecular weight is 390 g/mol. The number of hydrogen-bond donors (Lipinski definition) is 0. The van der Waals surface area contributed by atoms with Crippen LogP contribution in [-0.2, 0) is 19.3 Å². The van der Waals surface area contributed by atoms with E-state index in [0.717, 1.165) is 29.8 Å². The van der Waals surface area contributed by atoms with Crippen LogP contribution >= 0.6 is 0 Å². The predicted octanol–water partition coefficient (Wildman–Crippen LogP) is 3.22. The summed E-state index contributed by atoms with van der Waals surface area (Å²) in [6.07, 6.45) is -0.842. The molecule has 5 nitrogen and oxygen atoms in total. The van der Waals surface area contributed by atoms with Gasteiger partial charge in [-0.15, -0.1) is 0 Å². The van der Waals surface area contributed by atoms with Gasteiger partial charge in [-0.25, -0.2) is 4.79 Å². The second-order valence-corrected chi connectivity index (χ2v) is 7.30. The first-order chi connectivity index (χ1) is 13.4. The molecule has 8 heteroatoms. The molecule has 2 saturated heterocycles. The van der Waals surface area contributed by atoms with Crippen molar-refractivity contribution < 1.29 is 18.0 Å². The maximum absolute atomic E-state index is 12.7. The van der Waals surface area contributed by atoms with Crippen LogP contribution in [-0.4, -0.2) is 57.9 Å². The van der Waals surface area contributed by atoms with Crippen molar-refractivity contribution in [3.8, 4) is 0 Å². The fourth-order valence-corrected chi connectivity index (χ4v) is 3.89. The number of nitrogens with zero attached hydrogens (tertiary/aromatic N) is 4. The lowest BCUT2D eigenvalue weighted by atomic mass is 10.1. The van der Waals surface area contributed by atoms with Gasteiger partial charge in [0.1, 0.15) is 0 Å². The second-order valence-electron chi connectivity index (χ2n) is 7.30. The number of amides is 2. The molecule has 0 spiro atoms. The second kappa shape index (κ2) is 7.43. The van der Waals surface area contributed by atoms with E-state index in [-0.39, 0.29) is 12.1 Å². The maximum Gasteiger partial charge on any atom is 0.416 e. The Hall–Kier alpha value is -2.61. The van der Waals surface area contributed by atoms with Gasteiger partial charge >= 0.3 is 12.2 Å². The molecule has 0 bridgehead atoms. The van der Waals surface area contributed by atoms with Crippen LogP contribution in [0, 0.1) is 0 Å². The molecule has 2 aliphatic heterocycles. The SMILES string of the molecule is O=C1N(Cc2cccnc2)CC2CN(Cc3ccc(C(F)(F)F)cc3)CCN12. The van der Waals surface area contributed by atoms with Crippen molar-refractivity contribution >= 4 is 6.03 Å². The lowest BCUT2D eigenvalue weighted by molar-refractivity contribution is -0.137. The number of fused-ring (bicyclic) bond motifs is 1. The Kier molecular flexibility index (Phi) is 4.97. The van der Waals surface area contributed by atoms with Gasteiger partial charge in [0.15, 0.2) is 0 Å². The summed E-state index contributed by atoms with van der Waals surface area (Å²) in [6.45, 7) is 3.84. The Balaban J connectivity index is 1.36. The van der Waals surface area contributed by atoms with Crippen molar-refractivity contribution in [1.29, 1.82) is 0 Å². The average Bonchev–Trinajstić information content (AvgIpc) is 2.97. The number of urea groups is 1. The Labute approximate surface area is 161 Å². The molecule has 148 valence electrons. The van der Waals surface area contributed by atoms with E-state index in [1.54, 1.807) is 12.4 Å². The summed E-state index contributed by atoms with van der Waals surface area (Å²) in [5.74, 6) is 0. The maximum atomic E-state index is 12.7. The third-order valence-electron chi connectivity index (χ3n) is 5.30. The quantitative estimate of drug-likeness (QED) is 0.805. The highest BCUT2D eigenvalue weighted by molar-refractivity contribution is 5.77. The Morgan fingerprint density at radius 2 is 1.79 bits per heavy atom. The first-order valence-electron chi connectivity index (χ1n) is 9.23. The highest BCUT2D eigenvalue weighted by atomic mass is 19.4. The van der Waals surface area contributed by atoms with Crippen LogP contribution in [0.5, 0.6) is 0 Å². The molecular formula is C20H21F3N4O. The number of hydrogen-bond acceptors (Lipinski definition) is 3. The van der Waals surface area contributed by atoms with Crippen molar-refractivity contribution in [2.75, 3.05) is 26.2 Å². The zero-order valence-electron chi connectivity index (χ0n) is 15.3. The molecule has 1 atom stereocenters. The summed E-state index contributed by atoms with van der Waals surface area (Å²) in [7, 11) is 0. The van der Waals surface area contributed by atoms with E-state index in [4.69, 9.17) is 0 Å². The summed E-state index contributed by atoms with van der Waals surface area (Å²) < 4.78 is 38.1. The molecule has 1 unspecified atom stereocenters. The molecule has 2 aromatic rings. The Morgan fingerprint density at radius 3 is 2.46 bits per heavy atom. The van der Waals surface area contributed by atoms with Crippen LogP contribution in [0.2, 0.25) is 0 Å². The van der Waals surface area contributed by atoms with E-state index in [1.165, 1.54) is 12.1 Å². The Morgan fingerprint density at radius 1 is 1.00 bits per heavy atom. The molecule has 2 fully saturated rings. The normalized spacial score (nSPS) is 20.5. The van der Waals surface area contributed by atoms with Gasteiger partial charge in [0.25, 0.3) is 0 Å². The number of halogens is 3. The smallest absolute Gasteiger partial charge is 0.318 e. The van der Waals surface area contributed by atoms with E-state index in [2.05, 4.69) is 9.88 Å². The van der Waals surface area contributed by atoms with Gasteiger partial charge in [-0.1, -0.05) is 18.2 Å². The van der Waals surface area contributed by atoms with E-state index in [0.29, 0.717) is 32.7 Å². The van der Waals surface area contributed by atoms with Crippen LogP contribution in [0.15, 0.2) is 48.8 Å². The molecule has 4 rings (SSSR count). The number of rotatable bonds is 4. The number of carbonyl (C=O) groups is 1. The fraction of sp³-hybridized carbons (Fsp3) is 0.400. The first kappa shape index (κ1) is 18.7. The standard InChI is InChI=1S/C20H21F3N4O/c21-20(22,23)17-5-3-15(4-6-17)11-25-8-9-27-18(13-25)14-26(19(27)28)12-16-2-1-7-24-10-16/h1-7,10,18H,8-9,11-14H2. The number of piperazine rings is 1. The lowest BCUT2D eigenvalue weighted by Crippen LogP contribution is -2.51. The molecule has 0 radical (unpaired) electrons. The number of benzene rings is 1. The van der Waals surface area contributed by atoms with Crippen molar-refractivity contribution in [3.63, 3.8) is 0 Å². The largest absolute Gasteiger partial charge is 0.416 e. The van der Waals surface area contributed by atoms with Crippen LogP contribution in [0.25, 0.3) is 0 Å². The molecule has 3 heterocycles. The highest BCUT2D eigenvalue weighted by Gasteiger charge is 2.40. The van der Waals surface area contributed by atoms with Gasteiger partial charge in [0.2, 0.25) is 0 Å². The van der Waals surface area contributed by atoms with Crippen LogP contribution in [0.1, 0.15) is 16.7 Å². The molecule has 2 amide bonds. The van der Waals surface area contributed by atoms with E-state index >= 15 is 0 Å².